The molecule has 28 heavy (non-hydrogen) atoms. The predicted octanol–water partition coefficient (Wildman–Crippen LogP) is 3.25. The van der Waals surface area contributed by atoms with Crippen LogP contribution in [0.25, 0.3) is 0 Å². The number of fused-ring (bicyclic) bond motifs is 3. The zero-order valence-electron chi connectivity index (χ0n) is 16.0. The van der Waals surface area contributed by atoms with Crippen molar-refractivity contribution in [3.8, 4) is 0 Å². The Morgan fingerprint density at radius 1 is 1.64 bits per heavy atom. The van der Waals surface area contributed by atoms with Gasteiger partial charge < -0.3 is 11.1 Å². The first-order valence-corrected chi connectivity index (χ1v) is 10.6. The van der Waals surface area contributed by atoms with E-state index < -0.39 is 0 Å². The van der Waals surface area contributed by atoms with Gasteiger partial charge in [-0.2, -0.15) is 5.10 Å². The predicted molar refractivity (Wildman–Crippen MR) is 118 cm³/mol. The van der Waals surface area contributed by atoms with Crippen LogP contribution in [0.5, 0.6) is 0 Å². The standard InChI is InChI=1S/C20H26ClN5OS/c1-13(5-3-7-23-2)9-14(11-22)25-20(27)18-10-15-17(28-18)6-4-8-26-19(15)16(21)12-24-26/h3,5,7,10,12,14,16,19H,2,4,6,8-9,11,22H2,1H3,(H,25,27)/b7-3-,13-5+. The summed E-state index contributed by atoms with van der Waals surface area (Å²) < 4.78 is 0. The smallest absolute Gasteiger partial charge is 0.261 e. The lowest BCUT2D eigenvalue weighted by molar-refractivity contribution is 0.0942. The number of thiophene rings is 1. The van der Waals surface area contributed by atoms with Crippen molar-refractivity contribution >= 4 is 41.8 Å². The summed E-state index contributed by atoms with van der Waals surface area (Å²) >= 11 is 8.02. The molecule has 3 atom stereocenters. The number of hydrogen-bond donors (Lipinski definition) is 2. The number of carbonyl (C=O) groups excluding carboxylic acids is 1. The highest BCUT2D eigenvalue weighted by atomic mass is 35.5. The number of aliphatic imine (C=N–C) groups is 1. The summed E-state index contributed by atoms with van der Waals surface area (Å²) in [6.45, 7) is 6.68. The summed E-state index contributed by atoms with van der Waals surface area (Å²) in [5.74, 6) is -0.0822. The molecule has 0 aliphatic carbocycles. The van der Waals surface area contributed by atoms with Crippen molar-refractivity contribution in [2.24, 2.45) is 15.8 Å². The van der Waals surface area contributed by atoms with Crippen LogP contribution in [-0.2, 0) is 6.42 Å². The number of carbonyl (C=O) groups is 1. The minimum absolute atomic E-state index is 0.0257. The third kappa shape index (κ3) is 4.71. The highest BCUT2D eigenvalue weighted by Gasteiger charge is 2.35. The molecule has 0 saturated heterocycles. The molecule has 0 saturated carbocycles. The summed E-state index contributed by atoms with van der Waals surface area (Å²) in [6, 6.07) is 1.89. The van der Waals surface area contributed by atoms with Crippen LogP contribution in [-0.4, -0.2) is 48.4 Å². The van der Waals surface area contributed by atoms with Crippen LogP contribution in [0.15, 0.2) is 40.1 Å². The van der Waals surface area contributed by atoms with Gasteiger partial charge >= 0.3 is 0 Å². The van der Waals surface area contributed by atoms with E-state index in [1.165, 1.54) is 4.88 Å². The Hall–Kier alpha value is -1.96. The first-order chi connectivity index (χ1) is 13.5. The second kappa shape index (κ2) is 9.49. The maximum Gasteiger partial charge on any atom is 0.261 e. The van der Waals surface area contributed by atoms with Crippen LogP contribution >= 0.6 is 22.9 Å². The first-order valence-electron chi connectivity index (χ1n) is 9.40. The number of rotatable bonds is 7. The van der Waals surface area contributed by atoms with Gasteiger partial charge in [0.25, 0.3) is 5.91 Å². The van der Waals surface area contributed by atoms with Gasteiger partial charge in [-0.1, -0.05) is 11.6 Å². The number of amides is 1. The van der Waals surface area contributed by atoms with Crippen LogP contribution in [0.4, 0.5) is 0 Å². The maximum absolute atomic E-state index is 12.8. The molecule has 1 aromatic rings. The quantitative estimate of drug-likeness (QED) is 0.404. The van der Waals surface area contributed by atoms with Crippen molar-refractivity contribution in [3.05, 3.63) is 45.3 Å². The van der Waals surface area contributed by atoms with Gasteiger partial charge in [-0.3, -0.25) is 14.8 Å². The Bertz CT molecular complexity index is 816. The highest BCUT2D eigenvalue weighted by molar-refractivity contribution is 7.14. The van der Waals surface area contributed by atoms with Crippen molar-refractivity contribution in [1.29, 1.82) is 0 Å². The molecule has 150 valence electrons. The van der Waals surface area contributed by atoms with E-state index >= 15 is 0 Å². The molecule has 3 rings (SSSR count). The fraction of sp³-hybridized carbons (Fsp3) is 0.450. The number of hydrogen-bond acceptors (Lipinski definition) is 6. The van der Waals surface area contributed by atoms with Crippen molar-refractivity contribution in [2.75, 3.05) is 13.1 Å². The minimum atomic E-state index is -0.162. The molecule has 2 aliphatic heterocycles. The number of nitrogens with zero attached hydrogens (tertiary/aromatic N) is 3. The average molecular weight is 420 g/mol. The topological polar surface area (TPSA) is 83.1 Å². The van der Waals surface area contributed by atoms with Crippen molar-refractivity contribution in [2.45, 2.75) is 43.6 Å². The molecule has 3 heterocycles. The summed E-state index contributed by atoms with van der Waals surface area (Å²) in [7, 11) is 0. The third-order valence-corrected chi connectivity index (χ3v) is 6.48. The summed E-state index contributed by atoms with van der Waals surface area (Å²) in [5, 5.41) is 9.37. The first kappa shape index (κ1) is 20.8. The Kier molecular flexibility index (Phi) is 7.04. The Balaban J connectivity index is 1.70. The minimum Gasteiger partial charge on any atom is -0.347 e. The second-order valence-electron chi connectivity index (χ2n) is 7.06. The number of nitrogens with one attached hydrogen (secondary N) is 1. The molecule has 0 bridgehead atoms. The molecule has 0 aromatic carbocycles. The van der Waals surface area contributed by atoms with E-state index in [4.69, 9.17) is 17.3 Å². The lowest BCUT2D eigenvalue weighted by Gasteiger charge is -2.23. The lowest BCUT2D eigenvalue weighted by Crippen LogP contribution is -2.40. The van der Waals surface area contributed by atoms with E-state index in [1.54, 1.807) is 23.8 Å². The van der Waals surface area contributed by atoms with Crippen molar-refractivity contribution in [3.63, 3.8) is 0 Å². The molecule has 6 nitrogen and oxygen atoms in total. The number of nitrogens with two attached hydrogens (primary N) is 1. The lowest BCUT2D eigenvalue weighted by atomic mass is 10.0. The maximum atomic E-state index is 12.8. The largest absolute Gasteiger partial charge is 0.347 e. The zero-order chi connectivity index (χ0) is 20.1. The molecule has 1 aromatic heterocycles. The van der Waals surface area contributed by atoms with Gasteiger partial charge in [0.2, 0.25) is 0 Å². The van der Waals surface area contributed by atoms with E-state index in [-0.39, 0.29) is 23.4 Å². The Morgan fingerprint density at radius 2 is 2.46 bits per heavy atom. The van der Waals surface area contributed by atoms with Gasteiger partial charge in [-0.25, -0.2) is 0 Å². The summed E-state index contributed by atoms with van der Waals surface area (Å²) in [5.41, 5.74) is 8.13. The van der Waals surface area contributed by atoms with Crippen LogP contribution in [0, 0.1) is 0 Å². The van der Waals surface area contributed by atoms with Gasteiger partial charge in [0, 0.05) is 36.4 Å². The SMILES string of the molecule is C=N/C=C\C=C(/C)CC(CN)NC(=O)c1cc2c(s1)CCCN1N=CC(Cl)C21. The normalized spacial score (nSPS) is 22.7. The van der Waals surface area contributed by atoms with E-state index in [9.17, 15) is 4.79 Å². The average Bonchev–Trinajstić information content (AvgIpc) is 3.20. The van der Waals surface area contributed by atoms with Crippen molar-refractivity contribution in [1.82, 2.24) is 10.3 Å². The molecule has 0 fully saturated rings. The Labute approximate surface area is 174 Å². The highest BCUT2D eigenvalue weighted by Crippen LogP contribution is 2.40. The molecule has 1 amide bonds. The molecule has 8 heteroatoms. The number of allylic oxidation sites excluding steroid dienone is 2. The molecule has 3 unspecified atom stereocenters. The van der Waals surface area contributed by atoms with Crippen molar-refractivity contribution < 1.29 is 4.79 Å². The van der Waals surface area contributed by atoms with E-state index in [0.29, 0.717) is 17.8 Å². The van der Waals surface area contributed by atoms with E-state index in [2.05, 4.69) is 22.1 Å². The van der Waals surface area contributed by atoms with Gasteiger partial charge in [0.15, 0.2) is 0 Å². The fourth-order valence-corrected chi connectivity index (χ4v) is 5.04. The Morgan fingerprint density at radius 3 is 3.21 bits per heavy atom. The number of alkyl halides is 1. The third-order valence-electron chi connectivity index (χ3n) is 4.92. The summed E-state index contributed by atoms with van der Waals surface area (Å²) in [6.07, 6.45) is 9.83. The number of aryl methyl sites for hydroxylation is 1. The molecular weight excluding hydrogens is 394 g/mol. The monoisotopic (exact) mass is 419 g/mol. The molecular formula is C20H26ClN5OS. The van der Waals surface area contributed by atoms with Gasteiger partial charge in [-0.05, 0) is 50.6 Å². The number of halogens is 1. The van der Waals surface area contributed by atoms with Crippen LogP contribution in [0.3, 0.4) is 0 Å². The van der Waals surface area contributed by atoms with E-state index in [0.717, 1.165) is 30.5 Å². The molecule has 0 spiro atoms. The van der Waals surface area contributed by atoms with E-state index in [1.807, 2.05) is 30.2 Å². The van der Waals surface area contributed by atoms with Gasteiger partial charge in [0.05, 0.1) is 16.3 Å². The van der Waals surface area contributed by atoms with Gasteiger partial charge in [0.1, 0.15) is 0 Å². The number of hydrazone groups is 1. The van der Waals surface area contributed by atoms with Crippen LogP contribution < -0.4 is 11.1 Å². The summed E-state index contributed by atoms with van der Waals surface area (Å²) in [4.78, 5) is 18.5. The van der Waals surface area contributed by atoms with Crippen LogP contribution in [0.2, 0.25) is 0 Å². The van der Waals surface area contributed by atoms with Crippen LogP contribution in [0.1, 0.15) is 45.9 Å². The molecule has 3 N–H and O–H groups in total. The second-order valence-corrected chi connectivity index (χ2v) is 8.70. The molecule has 2 aliphatic rings. The molecule has 0 radical (unpaired) electrons. The van der Waals surface area contributed by atoms with Gasteiger partial charge in [-0.15, -0.1) is 22.9 Å². The zero-order valence-corrected chi connectivity index (χ0v) is 17.5. The fourth-order valence-electron chi connectivity index (χ4n) is 3.57.